The maximum Gasteiger partial charge on any atom is 0.312 e. The number of ether oxygens (including phenoxy) is 4. The van der Waals surface area contributed by atoms with Gasteiger partial charge in [-0.1, -0.05) is 0 Å². The molecule has 0 spiro atoms. The van der Waals surface area contributed by atoms with Crippen molar-refractivity contribution in [3.05, 3.63) is 52.7 Å². The first kappa shape index (κ1) is 21.6. The van der Waals surface area contributed by atoms with Crippen molar-refractivity contribution < 1.29 is 23.9 Å². The molecule has 4 aromatic rings. The van der Waals surface area contributed by atoms with Crippen molar-refractivity contribution >= 4 is 23.0 Å². The quantitative estimate of drug-likeness (QED) is 0.313. The van der Waals surface area contributed by atoms with Gasteiger partial charge in [0.2, 0.25) is 11.7 Å². The van der Waals surface area contributed by atoms with E-state index in [1.54, 1.807) is 35.0 Å². The van der Waals surface area contributed by atoms with E-state index in [1.165, 1.54) is 40.6 Å². The Bertz CT molecular complexity index is 1310. The molecule has 0 aliphatic rings. The molecule has 0 aliphatic carbocycles. The molecule has 0 saturated heterocycles. The highest BCUT2D eigenvalue weighted by Crippen LogP contribution is 2.40. The van der Waals surface area contributed by atoms with Gasteiger partial charge in [0, 0.05) is 29.6 Å². The molecule has 12 nitrogen and oxygen atoms in total. The van der Waals surface area contributed by atoms with Crippen LogP contribution in [0.2, 0.25) is 0 Å². The summed E-state index contributed by atoms with van der Waals surface area (Å²) >= 11 is 0. The fourth-order valence-corrected chi connectivity index (χ4v) is 3.32. The van der Waals surface area contributed by atoms with Crippen LogP contribution < -0.4 is 24.3 Å². The molecule has 33 heavy (non-hydrogen) atoms. The zero-order valence-corrected chi connectivity index (χ0v) is 18.2. The van der Waals surface area contributed by atoms with Gasteiger partial charge in [-0.25, -0.2) is 4.98 Å². The second kappa shape index (κ2) is 8.86. The Morgan fingerprint density at radius 1 is 0.939 bits per heavy atom. The summed E-state index contributed by atoms with van der Waals surface area (Å²) in [5.41, 5.74) is 1.43. The minimum absolute atomic E-state index is 0.155. The largest absolute Gasteiger partial charge is 0.493 e. The van der Waals surface area contributed by atoms with Gasteiger partial charge < -0.3 is 24.3 Å². The Hall–Kier alpha value is -4.61. The first-order chi connectivity index (χ1) is 16.0. The minimum atomic E-state index is -0.520. The standard InChI is InChI=1S/C21H20N6O6/c1-30-15-6-5-13(11-14(15)27(28)29)23-21-24-18-7-8-22-20(26(18)25-21)12-9-16(31-2)19(33-4)17(10-12)32-3/h5-11H,1-4H3,(H,23,25). The van der Waals surface area contributed by atoms with E-state index in [-0.39, 0.29) is 17.4 Å². The number of benzene rings is 2. The smallest absolute Gasteiger partial charge is 0.312 e. The van der Waals surface area contributed by atoms with Gasteiger partial charge in [0.15, 0.2) is 28.7 Å². The molecule has 0 amide bonds. The van der Waals surface area contributed by atoms with E-state index in [0.717, 1.165) is 0 Å². The molecule has 12 heteroatoms. The first-order valence-electron chi connectivity index (χ1n) is 9.60. The molecule has 2 heterocycles. The highest BCUT2D eigenvalue weighted by atomic mass is 16.6. The van der Waals surface area contributed by atoms with Crippen molar-refractivity contribution in [2.24, 2.45) is 0 Å². The maximum atomic E-state index is 11.3. The number of anilines is 2. The molecular weight excluding hydrogens is 432 g/mol. The molecule has 0 radical (unpaired) electrons. The summed E-state index contributed by atoms with van der Waals surface area (Å²) in [4.78, 5) is 19.7. The molecule has 0 saturated carbocycles. The maximum absolute atomic E-state index is 11.3. The lowest BCUT2D eigenvalue weighted by molar-refractivity contribution is -0.385. The van der Waals surface area contributed by atoms with Gasteiger partial charge >= 0.3 is 5.69 Å². The first-order valence-corrected chi connectivity index (χ1v) is 9.60. The topological polar surface area (TPSA) is 135 Å². The van der Waals surface area contributed by atoms with Crippen LogP contribution in [0, 0.1) is 10.1 Å². The van der Waals surface area contributed by atoms with Gasteiger partial charge in [-0.2, -0.15) is 9.50 Å². The van der Waals surface area contributed by atoms with E-state index in [4.69, 9.17) is 18.9 Å². The molecule has 0 atom stereocenters. The molecule has 1 N–H and O–H groups in total. The van der Waals surface area contributed by atoms with Crippen LogP contribution in [0.4, 0.5) is 17.3 Å². The number of fused-ring (bicyclic) bond motifs is 1. The van der Waals surface area contributed by atoms with Crippen LogP contribution in [0.5, 0.6) is 23.0 Å². The average molecular weight is 452 g/mol. The number of hydrogen-bond donors (Lipinski definition) is 1. The SMILES string of the molecule is COc1ccc(Nc2nc3ccnc(-c4cc(OC)c(OC)c(OC)c4)n3n2)cc1[N+](=O)[O-]. The fourth-order valence-electron chi connectivity index (χ4n) is 3.32. The van der Waals surface area contributed by atoms with Gasteiger partial charge in [-0.3, -0.25) is 10.1 Å². The fraction of sp³-hybridized carbons (Fsp3) is 0.190. The number of nitro benzene ring substituents is 1. The van der Waals surface area contributed by atoms with Crippen LogP contribution in [-0.4, -0.2) is 52.9 Å². The van der Waals surface area contributed by atoms with E-state index >= 15 is 0 Å². The Morgan fingerprint density at radius 3 is 2.24 bits per heavy atom. The third kappa shape index (κ3) is 4.01. The van der Waals surface area contributed by atoms with Crippen molar-refractivity contribution in [1.82, 2.24) is 19.6 Å². The zero-order valence-electron chi connectivity index (χ0n) is 18.2. The average Bonchev–Trinajstić information content (AvgIpc) is 3.25. The van der Waals surface area contributed by atoms with Gasteiger partial charge in [-0.15, -0.1) is 5.10 Å². The second-order valence-electron chi connectivity index (χ2n) is 6.66. The Morgan fingerprint density at radius 2 is 1.64 bits per heavy atom. The lowest BCUT2D eigenvalue weighted by Crippen LogP contribution is -2.01. The predicted molar refractivity (Wildman–Crippen MR) is 119 cm³/mol. The van der Waals surface area contributed by atoms with Crippen LogP contribution in [0.25, 0.3) is 17.0 Å². The van der Waals surface area contributed by atoms with Gasteiger partial charge in [0.25, 0.3) is 0 Å². The highest BCUT2D eigenvalue weighted by molar-refractivity contribution is 5.69. The molecule has 0 fully saturated rings. The van der Waals surface area contributed by atoms with Crippen molar-refractivity contribution in [3.8, 4) is 34.4 Å². The summed E-state index contributed by atoms with van der Waals surface area (Å²) in [5, 5.41) is 18.8. The van der Waals surface area contributed by atoms with Crippen LogP contribution in [-0.2, 0) is 0 Å². The van der Waals surface area contributed by atoms with Crippen molar-refractivity contribution in [2.45, 2.75) is 0 Å². The van der Waals surface area contributed by atoms with Crippen LogP contribution >= 0.6 is 0 Å². The molecule has 170 valence electrons. The lowest BCUT2D eigenvalue weighted by Gasteiger charge is -2.14. The van der Waals surface area contributed by atoms with Gasteiger partial charge in [0.05, 0.1) is 33.4 Å². The van der Waals surface area contributed by atoms with E-state index in [0.29, 0.717) is 40.0 Å². The van der Waals surface area contributed by atoms with Crippen LogP contribution in [0.15, 0.2) is 42.6 Å². The molecule has 0 unspecified atom stereocenters. The molecule has 0 aliphatic heterocycles. The van der Waals surface area contributed by atoms with Gasteiger partial charge in [0.1, 0.15) is 0 Å². The monoisotopic (exact) mass is 452 g/mol. The van der Waals surface area contributed by atoms with E-state index in [2.05, 4.69) is 20.4 Å². The van der Waals surface area contributed by atoms with E-state index in [1.807, 2.05) is 0 Å². The third-order valence-corrected chi connectivity index (χ3v) is 4.81. The minimum Gasteiger partial charge on any atom is -0.493 e. The summed E-state index contributed by atoms with van der Waals surface area (Å²) in [5.74, 6) is 2.26. The molecule has 2 aromatic carbocycles. The second-order valence-corrected chi connectivity index (χ2v) is 6.66. The van der Waals surface area contributed by atoms with Crippen molar-refractivity contribution in [1.29, 1.82) is 0 Å². The molecular formula is C21H20N6O6. The number of aromatic nitrogens is 4. The zero-order chi connectivity index (χ0) is 23.5. The Kier molecular flexibility index (Phi) is 5.81. The Balaban J connectivity index is 1.76. The summed E-state index contributed by atoms with van der Waals surface area (Å²) in [7, 11) is 5.95. The molecule has 4 rings (SSSR count). The number of rotatable bonds is 8. The number of methoxy groups -OCH3 is 4. The number of nitro groups is 1. The van der Waals surface area contributed by atoms with Gasteiger partial charge in [-0.05, 0) is 24.3 Å². The van der Waals surface area contributed by atoms with E-state index in [9.17, 15) is 10.1 Å². The summed E-state index contributed by atoms with van der Waals surface area (Å²) in [6, 6.07) is 9.68. The number of nitrogens with one attached hydrogen (secondary N) is 1. The van der Waals surface area contributed by atoms with E-state index < -0.39 is 4.92 Å². The molecule has 2 aromatic heterocycles. The number of hydrogen-bond acceptors (Lipinski definition) is 10. The normalized spacial score (nSPS) is 10.7. The van der Waals surface area contributed by atoms with Crippen LogP contribution in [0.3, 0.4) is 0 Å². The highest BCUT2D eigenvalue weighted by Gasteiger charge is 2.19. The third-order valence-electron chi connectivity index (χ3n) is 4.81. The van der Waals surface area contributed by atoms with Crippen LogP contribution in [0.1, 0.15) is 0 Å². The van der Waals surface area contributed by atoms with Crippen molar-refractivity contribution in [2.75, 3.05) is 33.8 Å². The summed E-state index contributed by atoms with van der Waals surface area (Å²) in [6.07, 6.45) is 1.60. The molecule has 0 bridgehead atoms. The lowest BCUT2D eigenvalue weighted by atomic mass is 10.1. The van der Waals surface area contributed by atoms with Crippen molar-refractivity contribution in [3.63, 3.8) is 0 Å². The predicted octanol–water partition coefficient (Wildman–Crippen LogP) is 3.48. The Labute approximate surface area is 187 Å². The number of nitrogens with zero attached hydrogens (tertiary/aromatic N) is 5. The summed E-state index contributed by atoms with van der Waals surface area (Å²) in [6.45, 7) is 0. The summed E-state index contributed by atoms with van der Waals surface area (Å²) < 4.78 is 22.8.